The summed E-state index contributed by atoms with van der Waals surface area (Å²) in [6, 6.07) is 4.09. The normalized spacial score (nSPS) is 15.5. The Morgan fingerprint density at radius 2 is 2.00 bits per heavy atom. The standard InChI is InChI=1S/C20H29FN2O5S/c1-3-10-28-18-12-16(7-8-17(18)21)15(2)14-29(26,27)11-6-4-5-9-23-13-19(24)22-20(23)25/h7-8,12,15H,3-6,9-11,13-14H2,1-2H3,(H,22,24,25)/t15-/m1/s1. The molecule has 1 N–H and O–H groups in total. The Morgan fingerprint density at radius 3 is 2.66 bits per heavy atom. The van der Waals surface area contributed by atoms with Gasteiger partial charge in [0.15, 0.2) is 21.4 Å². The number of unbranched alkanes of at least 4 members (excludes halogenated alkanes) is 2. The van der Waals surface area contributed by atoms with Crippen LogP contribution in [-0.2, 0) is 14.6 Å². The van der Waals surface area contributed by atoms with Crippen LogP contribution in [0.15, 0.2) is 18.2 Å². The minimum absolute atomic E-state index is 0.0190. The molecule has 1 aliphatic heterocycles. The van der Waals surface area contributed by atoms with Gasteiger partial charge in [-0.1, -0.05) is 26.3 Å². The zero-order valence-electron chi connectivity index (χ0n) is 16.9. The minimum atomic E-state index is -3.27. The molecule has 0 radical (unpaired) electrons. The van der Waals surface area contributed by atoms with Crippen LogP contribution in [0, 0.1) is 5.82 Å². The number of amides is 3. The van der Waals surface area contributed by atoms with Gasteiger partial charge in [-0.15, -0.1) is 0 Å². The minimum Gasteiger partial charge on any atom is -0.491 e. The van der Waals surface area contributed by atoms with Crippen molar-refractivity contribution in [2.45, 2.75) is 45.4 Å². The van der Waals surface area contributed by atoms with Gasteiger partial charge in [0.1, 0.15) is 6.54 Å². The zero-order valence-corrected chi connectivity index (χ0v) is 17.8. The molecule has 1 fully saturated rings. The van der Waals surface area contributed by atoms with Gasteiger partial charge in [-0.25, -0.2) is 17.6 Å². The summed E-state index contributed by atoms with van der Waals surface area (Å²) in [4.78, 5) is 24.0. The predicted molar refractivity (Wildman–Crippen MR) is 108 cm³/mol. The van der Waals surface area contributed by atoms with Crippen LogP contribution in [0.5, 0.6) is 5.75 Å². The maximum absolute atomic E-state index is 13.8. The van der Waals surface area contributed by atoms with Crippen molar-refractivity contribution in [3.63, 3.8) is 0 Å². The van der Waals surface area contributed by atoms with Crippen molar-refractivity contribution in [3.8, 4) is 5.75 Å². The molecule has 2 rings (SSSR count). The SMILES string of the molecule is CCCOc1cc([C@H](C)CS(=O)(=O)CCCCCN2CC(=O)NC2=O)ccc1F. The van der Waals surface area contributed by atoms with Crippen molar-refractivity contribution in [1.29, 1.82) is 0 Å². The maximum atomic E-state index is 13.8. The van der Waals surface area contributed by atoms with E-state index in [0.29, 0.717) is 32.4 Å². The molecule has 1 aromatic rings. The molecule has 0 unspecified atom stereocenters. The predicted octanol–water partition coefficient (Wildman–Crippen LogP) is 2.85. The third-order valence-electron chi connectivity index (χ3n) is 4.74. The number of benzene rings is 1. The molecule has 162 valence electrons. The Morgan fingerprint density at radius 1 is 1.24 bits per heavy atom. The van der Waals surface area contributed by atoms with Crippen molar-refractivity contribution < 1.29 is 27.1 Å². The molecule has 1 atom stereocenters. The van der Waals surface area contributed by atoms with Gasteiger partial charge in [-0.3, -0.25) is 10.1 Å². The van der Waals surface area contributed by atoms with E-state index in [1.807, 2.05) is 6.92 Å². The van der Waals surface area contributed by atoms with E-state index in [0.717, 1.165) is 12.0 Å². The molecule has 9 heteroatoms. The van der Waals surface area contributed by atoms with E-state index in [9.17, 15) is 22.4 Å². The first-order valence-electron chi connectivity index (χ1n) is 9.93. The molecule has 0 spiro atoms. The highest BCUT2D eigenvalue weighted by atomic mass is 32.2. The van der Waals surface area contributed by atoms with E-state index in [2.05, 4.69) is 5.32 Å². The van der Waals surface area contributed by atoms with Gasteiger partial charge in [0, 0.05) is 6.54 Å². The van der Waals surface area contributed by atoms with Crippen LogP contribution < -0.4 is 10.1 Å². The summed E-state index contributed by atoms with van der Waals surface area (Å²) >= 11 is 0. The number of nitrogens with zero attached hydrogens (tertiary/aromatic N) is 1. The molecule has 0 bridgehead atoms. The highest BCUT2D eigenvalue weighted by Gasteiger charge is 2.25. The van der Waals surface area contributed by atoms with Gasteiger partial charge in [-0.2, -0.15) is 0 Å². The molecule has 3 amide bonds. The van der Waals surface area contributed by atoms with E-state index in [4.69, 9.17) is 4.74 Å². The second-order valence-corrected chi connectivity index (χ2v) is 9.62. The van der Waals surface area contributed by atoms with Crippen LogP contribution in [0.4, 0.5) is 9.18 Å². The van der Waals surface area contributed by atoms with Crippen molar-refractivity contribution in [3.05, 3.63) is 29.6 Å². The molecular weight excluding hydrogens is 399 g/mol. The Labute approximate surface area is 171 Å². The molecule has 1 aromatic carbocycles. The molecule has 0 aliphatic carbocycles. The summed E-state index contributed by atoms with van der Waals surface area (Å²) in [5, 5.41) is 2.21. The Hall–Kier alpha value is -2.16. The molecule has 0 saturated carbocycles. The number of imide groups is 1. The van der Waals surface area contributed by atoms with Gasteiger partial charge in [-0.05, 0) is 42.9 Å². The summed E-state index contributed by atoms with van der Waals surface area (Å²) in [6.45, 7) is 4.63. The zero-order chi connectivity index (χ0) is 21.4. The number of nitrogens with one attached hydrogen (secondary N) is 1. The fraction of sp³-hybridized carbons (Fsp3) is 0.600. The lowest BCUT2D eigenvalue weighted by atomic mass is 10.0. The fourth-order valence-corrected chi connectivity index (χ4v) is 4.94. The molecule has 1 aliphatic rings. The topological polar surface area (TPSA) is 92.8 Å². The third-order valence-corrected chi connectivity index (χ3v) is 6.66. The van der Waals surface area contributed by atoms with Gasteiger partial charge in [0.05, 0.1) is 18.1 Å². The van der Waals surface area contributed by atoms with Crippen LogP contribution in [-0.4, -0.2) is 56.5 Å². The number of rotatable bonds is 12. The lowest BCUT2D eigenvalue weighted by molar-refractivity contribution is -0.118. The van der Waals surface area contributed by atoms with Gasteiger partial charge in [0.2, 0.25) is 5.91 Å². The van der Waals surface area contributed by atoms with E-state index in [1.54, 1.807) is 19.1 Å². The van der Waals surface area contributed by atoms with Gasteiger partial charge < -0.3 is 9.64 Å². The van der Waals surface area contributed by atoms with Gasteiger partial charge >= 0.3 is 6.03 Å². The first kappa shape index (κ1) is 23.1. The number of urea groups is 1. The Kier molecular flexibility index (Phi) is 8.43. The summed E-state index contributed by atoms with van der Waals surface area (Å²) in [7, 11) is -3.27. The average molecular weight is 429 g/mol. The lowest BCUT2D eigenvalue weighted by Crippen LogP contribution is -2.29. The number of carbonyl (C=O) groups is 2. The van der Waals surface area contributed by atoms with Crippen molar-refractivity contribution in [2.75, 3.05) is 31.2 Å². The number of sulfone groups is 1. The van der Waals surface area contributed by atoms with E-state index in [1.165, 1.54) is 11.0 Å². The highest BCUT2D eigenvalue weighted by Crippen LogP contribution is 2.25. The Balaban J connectivity index is 1.78. The van der Waals surface area contributed by atoms with Crippen molar-refractivity contribution in [2.24, 2.45) is 0 Å². The van der Waals surface area contributed by atoms with Crippen LogP contribution in [0.1, 0.15) is 51.0 Å². The van der Waals surface area contributed by atoms with Crippen molar-refractivity contribution in [1.82, 2.24) is 10.2 Å². The maximum Gasteiger partial charge on any atom is 0.324 e. The average Bonchev–Trinajstić information content (AvgIpc) is 2.97. The monoisotopic (exact) mass is 428 g/mol. The second-order valence-electron chi connectivity index (χ2n) is 7.39. The van der Waals surface area contributed by atoms with E-state index >= 15 is 0 Å². The summed E-state index contributed by atoms with van der Waals surface area (Å²) in [5.74, 6) is -0.847. The molecule has 1 heterocycles. The quantitative estimate of drug-likeness (QED) is 0.408. The van der Waals surface area contributed by atoms with Crippen LogP contribution in [0.2, 0.25) is 0 Å². The van der Waals surface area contributed by atoms with E-state index < -0.39 is 21.7 Å². The van der Waals surface area contributed by atoms with E-state index in [-0.39, 0.29) is 35.6 Å². The largest absolute Gasteiger partial charge is 0.491 e. The first-order valence-corrected chi connectivity index (χ1v) is 11.8. The van der Waals surface area contributed by atoms with Crippen molar-refractivity contribution >= 4 is 21.8 Å². The van der Waals surface area contributed by atoms with Crippen LogP contribution >= 0.6 is 0 Å². The smallest absolute Gasteiger partial charge is 0.324 e. The number of carbonyl (C=O) groups excluding carboxylic acids is 2. The lowest BCUT2D eigenvalue weighted by Gasteiger charge is -2.15. The summed E-state index contributed by atoms with van der Waals surface area (Å²) in [5.41, 5.74) is 0.728. The molecule has 7 nitrogen and oxygen atoms in total. The fourth-order valence-electron chi connectivity index (χ4n) is 3.17. The Bertz CT molecular complexity index is 828. The van der Waals surface area contributed by atoms with Crippen LogP contribution in [0.3, 0.4) is 0 Å². The highest BCUT2D eigenvalue weighted by molar-refractivity contribution is 7.91. The molecule has 29 heavy (non-hydrogen) atoms. The summed E-state index contributed by atoms with van der Waals surface area (Å²) < 4.78 is 44.0. The molecule has 0 aromatic heterocycles. The number of hydrogen-bond donors (Lipinski definition) is 1. The first-order chi connectivity index (χ1) is 13.7. The second kappa shape index (κ2) is 10.6. The number of hydrogen-bond acceptors (Lipinski definition) is 5. The number of halogens is 1. The van der Waals surface area contributed by atoms with Gasteiger partial charge in [0.25, 0.3) is 0 Å². The summed E-state index contributed by atoms with van der Waals surface area (Å²) in [6.07, 6.45) is 2.54. The molecule has 1 saturated heterocycles. The van der Waals surface area contributed by atoms with Crippen LogP contribution in [0.25, 0.3) is 0 Å². The number of ether oxygens (including phenoxy) is 1. The third kappa shape index (κ3) is 7.30. The molecular formula is C20H29FN2O5S.